The number of nitrogens with one attached hydrogen (secondary N) is 1. The van der Waals surface area contributed by atoms with E-state index in [9.17, 15) is 4.79 Å². The lowest BCUT2D eigenvalue weighted by atomic mass is 9.68. The summed E-state index contributed by atoms with van der Waals surface area (Å²) in [4.78, 5) is 14.6. The smallest absolute Gasteiger partial charge is 0.227 e. The van der Waals surface area contributed by atoms with Gasteiger partial charge in [0.2, 0.25) is 5.91 Å². The van der Waals surface area contributed by atoms with Crippen molar-refractivity contribution in [2.24, 2.45) is 17.1 Å². The van der Waals surface area contributed by atoms with E-state index < -0.39 is 0 Å². The molecule has 0 aromatic rings. The van der Waals surface area contributed by atoms with Crippen molar-refractivity contribution in [1.29, 1.82) is 0 Å². The van der Waals surface area contributed by atoms with E-state index in [0.29, 0.717) is 18.5 Å². The van der Waals surface area contributed by atoms with Gasteiger partial charge in [0.05, 0.1) is 5.41 Å². The van der Waals surface area contributed by atoms with E-state index in [-0.39, 0.29) is 11.3 Å². The van der Waals surface area contributed by atoms with Crippen molar-refractivity contribution in [3.8, 4) is 0 Å². The summed E-state index contributed by atoms with van der Waals surface area (Å²) < 4.78 is 0. The number of nitrogens with zero attached hydrogens (tertiary/aromatic N) is 1. The van der Waals surface area contributed by atoms with Gasteiger partial charge < -0.3 is 16.0 Å². The maximum Gasteiger partial charge on any atom is 0.227 e. The summed E-state index contributed by atoms with van der Waals surface area (Å²) in [6, 6.07) is 0.336. The number of carbonyl (C=O) groups excluding carboxylic acids is 1. The predicted molar refractivity (Wildman–Crippen MR) is 68.5 cm³/mol. The topological polar surface area (TPSA) is 58.4 Å². The highest BCUT2D eigenvalue weighted by atomic mass is 16.2. The monoisotopic (exact) mass is 239 g/mol. The van der Waals surface area contributed by atoms with Crippen molar-refractivity contribution < 1.29 is 4.79 Å². The summed E-state index contributed by atoms with van der Waals surface area (Å²) in [6.45, 7) is 4.86. The summed E-state index contributed by atoms with van der Waals surface area (Å²) in [5, 5.41) is 3.24. The van der Waals surface area contributed by atoms with Crippen molar-refractivity contribution in [2.45, 2.75) is 38.6 Å². The Bertz CT molecular complexity index is 283. The zero-order valence-electron chi connectivity index (χ0n) is 11.0. The molecule has 0 radical (unpaired) electrons. The van der Waals surface area contributed by atoms with E-state index in [1.54, 1.807) is 0 Å². The van der Waals surface area contributed by atoms with Crippen LogP contribution in [0.3, 0.4) is 0 Å². The van der Waals surface area contributed by atoms with E-state index in [0.717, 1.165) is 38.8 Å². The largest absolute Gasteiger partial charge is 0.352 e. The van der Waals surface area contributed by atoms with Crippen LogP contribution in [0.2, 0.25) is 0 Å². The van der Waals surface area contributed by atoms with Crippen LogP contribution >= 0.6 is 0 Å². The maximum absolute atomic E-state index is 12.3. The third-order valence-corrected chi connectivity index (χ3v) is 4.61. The van der Waals surface area contributed by atoms with Gasteiger partial charge in [0.25, 0.3) is 0 Å². The molecule has 2 fully saturated rings. The lowest BCUT2D eigenvalue weighted by molar-refractivity contribution is -0.136. The minimum atomic E-state index is -0.233. The molecule has 0 aromatic carbocycles. The number of hydrogen-bond donors (Lipinski definition) is 2. The van der Waals surface area contributed by atoms with Crippen LogP contribution in [0.15, 0.2) is 0 Å². The molecule has 2 atom stereocenters. The van der Waals surface area contributed by atoms with Gasteiger partial charge in [-0.05, 0) is 38.8 Å². The summed E-state index contributed by atoms with van der Waals surface area (Å²) in [5.41, 5.74) is 5.53. The highest BCUT2D eigenvalue weighted by Gasteiger charge is 2.43. The van der Waals surface area contributed by atoms with Crippen LogP contribution in [0.1, 0.15) is 32.6 Å². The first-order chi connectivity index (χ1) is 8.07. The molecule has 2 aliphatic rings. The second kappa shape index (κ2) is 4.94. The third-order valence-electron chi connectivity index (χ3n) is 4.61. The van der Waals surface area contributed by atoms with Crippen molar-refractivity contribution in [3.05, 3.63) is 0 Å². The van der Waals surface area contributed by atoms with Crippen LogP contribution in [0, 0.1) is 11.3 Å². The number of likely N-dealkylation sites (tertiary alicyclic amines) is 1. The van der Waals surface area contributed by atoms with E-state index in [4.69, 9.17) is 5.73 Å². The highest BCUT2D eigenvalue weighted by molar-refractivity contribution is 5.84. The first-order valence-electron chi connectivity index (χ1n) is 6.77. The fourth-order valence-corrected chi connectivity index (χ4v) is 3.02. The quantitative estimate of drug-likeness (QED) is 0.757. The molecule has 4 nitrogen and oxygen atoms in total. The molecule has 1 aliphatic heterocycles. The lowest BCUT2D eigenvalue weighted by Gasteiger charge is -2.42. The fourth-order valence-electron chi connectivity index (χ4n) is 3.02. The minimum Gasteiger partial charge on any atom is -0.352 e. The molecule has 1 saturated heterocycles. The van der Waals surface area contributed by atoms with Gasteiger partial charge in [-0.15, -0.1) is 0 Å². The molecule has 0 bridgehead atoms. The Morgan fingerprint density at radius 2 is 2.24 bits per heavy atom. The Hall–Kier alpha value is -0.610. The zero-order chi connectivity index (χ0) is 12.5. The number of amides is 1. The van der Waals surface area contributed by atoms with Crippen LogP contribution in [0.5, 0.6) is 0 Å². The Morgan fingerprint density at radius 1 is 1.53 bits per heavy atom. The third kappa shape index (κ3) is 2.47. The number of nitrogens with two attached hydrogens (primary N) is 1. The normalized spacial score (nSPS) is 32.9. The predicted octanol–water partition coefficient (Wildman–Crippen LogP) is 0.572. The lowest BCUT2D eigenvalue weighted by Crippen LogP contribution is -2.56. The summed E-state index contributed by atoms with van der Waals surface area (Å²) in [5.74, 6) is 0.736. The Balaban J connectivity index is 1.90. The Labute approximate surface area is 104 Å². The van der Waals surface area contributed by atoms with E-state index in [1.165, 1.54) is 0 Å². The van der Waals surface area contributed by atoms with Crippen LogP contribution in [-0.4, -0.2) is 43.5 Å². The number of rotatable bonds is 3. The number of carbonyl (C=O) groups is 1. The molecule has 1 amide bonds. The van der Waals surface area contributed by atoms with Crippen molar-refractivity contribution >= 4 is 5.91 Å². The molecule has 17 heavy (non-hydrogen) atoms. The van der Waals surface area contributed by atoms with Gasteiger partial charge in [-0.2, -0.15) is 0 Å². The van der Waals surface area contributed by atoms with Gasteiger partial charge in [0.15, 0.2) is 0 Å². The van der Waals surface area contributed by atoms with Crippen LogP contribution in [0.25, 0.3) is 0 Å². The first-order valence-corrected chi connectivity index (χ1v) is 6.77. The van der Waals surface area contributed by atoms with Gasteiger partial charge in [-0.1, -0.05) is 13.3 Å². The molecule has 0 aromatic heterocycles. The first kappa shape index (κ1) is 12.8. The van der Waals surface area contributed by atoms with Crippen molar-refractivity contribution in [1.82, 2.24) is 10.2 Å². The maximum atomic E-state index is 12.3. The molecule has 1 aliphatic carbocycles. The average Bonchev–Trinajstić information content (AvgIpc) is 2.21. The average molecular weight is 239 g/mol. The Morgan fingerprint density at radius 3 is 2.71 bits per heavy atom. The van der Waals surface area contributed by atoms with Crippen LogP contribution < -0.4 is 11.1 Å². The standard InChI is InChI=1S/C13H25N3O/c1-10-8-16(2)7-4-11(10)15-12(17)13(9-14)5-3-6-13/h10-11H,3-9,14H2,1-2H3,(H,15,17). The molecule has 4 heteroatoms. The molecule has 98 valence electrons. The molecule has 1 saturated carbocycles. The van der Waals surface area contributed by atoms with Gasteiger partial charge in [0.1, 0.15) is 0 Å². The molecule has 0 spiro atoms. The van der Waals surface area contributed by atoms with E-state index >= 15 is 0 Å². The van der Waals surface area contributed by atoms with Gasteiger partial charge in [-0.25, -0.2) is 0 Å². The van der Waals surface area contributed by atoms with Gasteiger partial charge >= 0.3 is 0 Å². The molecule has 2 rings (SSSR count). The minimum absolute atomic E-state index is 0.202. The second-order valence-corrected chi connectivity index (χ2v) is 5.95. The van der Waals surface area contributed by atoms with Gasteiger partial charge in [-0.3, -0.25) is 4.79 Å². The molecule has 1 heterocycles. The van der Waals surface area contributed by atoms with Crippen molar-refractivity contribution in [3.63, 3.8) is 0 Å². The van der Waals surface area contributed by atoms with Gasteiger partial charge in [0, 0.05) is 19.1 Å². The van der Waals surface area contributed by atoms with E-state index in [1.807, 2.05) is 0 Å². The van der Waals surface area contributed by atoms with Crippen LogP contribution in [0.4, 0.5) is 0 Å². The number of piperidine rings is 1. The van der Waals surface area contributed by atoms with E-state index in [2.05, 4.69) is 24.2 Å². The summed E-state index contributed by atoms with van der Waals surface area (Å²) in [6.07, 6.45) is 4.14. The molecule has 2 unspecified atom stereocenters. The second-order valence-electron chi connectivity index (χ2n) is 5.95. The summed E-state index contributed by atoms with van der Waals surface area (Å²) >= 11 is 0. The Kier molecular flexibility index (Phi) is 3.73. The highest BCUT2D eigenvalue weighted by Crippen LogP contribution is 2.40. The molecular weight excluding hydrogens is 214 g/mol. The zero-order valence-corrected chi connectivity index (χ0v) is 11.0. The van der Waals surface area contributed by atoms with Crippen LogP contribution in [-0.2, 0) is 4.79 Å². The molecular formula is C13H25N3O. The SMILES string of the molecule is CC1CN(C)CCC1NC(=O)C1(CN)CCC1. The fraction of sp³-hybridized carbons (Fsp3) is 0.923. The summed E-state index contributed by atoms with van der Waals surface area (Å²) in [7, 11) is 2.14. The molecule has 3 N–H and O–H groups in total. The number of hydrogen-bond acceptors (Lipinski definition) is 3. The van der Waals surface area contributed by atoms with Crippen molar-refractivity contribution in [2.75, 3.05) is 26.7 Å².